The lowest BCUT2D eigenvalue weighted by Gasteiger charge is -2.44. The molecule has 2 N–H and O–H groups in total. The van der Waals surface area contributed by atoms with E-state index < -0.39 is 5.92 Å². The molecule has 1 aliphatic carbocycles. The number of nitrogens with two attached hydrogens (primary N) is 1. The second kappa shape index (κ2) is 10.8. The highest BCUT2D eigenvalue weighted by molar-refractivity contribution is 9.10. The van der Waals surface area contributed by atoms with Gasteiger partial charge in [-0.1, -0.05) is 61.3 Å². The van der Waals surface area contributed by atoms with Crippen molar-refractivity contribution in [1.82, 2.24) is 0 Å². The van der Waals surface area contributed by atoms with Gasteiger partial charge in [-0.3, -0.25) is 9.69 Å². The molecular weight excluding hydrogens is 586 g/mol. The summed E-state index contributed by atoms with van der Waals surface area (Å²) in [6.07, 6.45) is 1.03. The van der Waals surface area contributed by atoms with Crippen LogP contribution in [0.1, 0.15) is 54.9 Å². The van der Waals surface area contributed by atoms with Gasteiger partial charge in [0.25, 0.3) is 0 Å². The van der Waals surface area contributed by atoms with Crippen LogP contribution in [0.4, 0.5) is 5.69 Å². The van der Waals surface area contributed by atoms with Crippen LogP contribution in [0.3, 0.4) is 0 Å². The number of hydrogen-bond donors (Lipinski definition) is 1. The Labute approximate surface area is 249 Å². The number of nitriles is 1. The number of carbonyl (C=O) groups excluding carboxylic acids is 1. The summed E-state index contributed by atoms with van der Waals surface area (Å²) in [4.78, 5) is 15.8. The van der Waals surface area contributed by atoms with Gasteiger partial charge in [0.05, 0.1) is 22.0 Å². The molecule has 1 unspecified atom stereocenters. The predicted octanol–water partition coefficient (Wildman–Crippen LogP) is 8.24. The normalized spacial score (nSPS) is 18.5. The highest BCUT2D eigenvalue weighted by Gasteiger charge is 2.45. The van der Waals surface area contributed by atoms with Gasteiger partial charge in [-0.2, -0.15) is 5.26 Å². The quantitative estimate of drug-likeness (QED) is 0.312. The van der Waals surface area contributed by atoms with Crippen LogP contribution in [-0.4, -0.2) is 5.78 Å². The summed E-state index contributed by atoms with van der Waals surface area (Å²) in [5.74, 6) is 0.541. The minimum absolute atomic E-state index is 0.0375. The molecule has 1 atom stereocenters. The van der Waals surface area contributed by atoms with E-state index in [1.165, 1.54) is 0 Å². The van der Waals surface area contributed by atoms with Crippen LogP contribution in [0, 0.1) is 30.6 Å². The van der Waals surface area contributed by atoms with Gasteiger partial charge < -0.3 is 10.5 Å². The summed E-state index contributed by atoms with van der Waals surface area (Å²) in [6, 6.07) is 21.6. The highest BCUT2D eigenvalue weighted by Crippen LogP contribution is 2.51. The Bertz CT molecular complexity index is 1630. The van der Waals surface area contributed by atoms with E-state index in [0.717, 1.165) is 43.9 Å². The first kappa shape index (κ1) is 28.0. The average Bonchev–Trinajstić information content (AvgIpc) is 2.88. The van der Waals surface area contributed by atoms with Crippen molar-refractivity contribution in [3.8, 4) is 11.8 Å². The van der Waals surface area contributed by atoms with Gasteiger partial charge in [-0.15, -0.1) is 0 Å². The number of allylic oxidation sites excluding steroid dienone is 3. The van der Waals surface area contributed by atoms with E-state index in [0.29, 0.717) is 41.4 Å². The second-order valence-corrected chi connectivity index (χ2v) is 12.6. The first-order chi connectivity index (χ1) is 19.0. The highest BCUT2D eigenvalue weighted by atomic mass is 79.9. The zero-order valence-corrected chi connectivity index (χ0v) is 25.4. The molecule has 1 heterocycles. The molecule has 3 aromatic rings. The summed E-state index contributed by atoms with van der Waals surface area (Å²) in [6.45, 7) is 8.58. The monoisotopic (exact) mass is 615 g/mol. The number of ether oxygens (including phenoxy) is 1. The van der Waals surface area contributed by atoms with Crippen molar-refractivity contribution in [2.45, 2.75) is 53.1 Å². The maximum Gasteiger partial charge on any atom is 0.162 e. The third-order valence-electron chi connectivity index (χ3n) is 7.68. The molecule has 2 aliphatic rings. The Kier molecular flexibility index (Phi) is 7.56. The summed E-state index contributed by atoms with van der Waals surface area (Å²) >= 11 is 9.91. The number of halogens is 2. The minimum atomic E-state index is -0.568. The number of nitrogens with zero attached hydrogens (tertiary/aromatic N) is 2. The van der Waals surface area contributed by atoms with Gasteiger partial charge in [-0.25, -0.2) is 0 Å². The third-order valence-corrected chi connectivity index (χ3v) is 8.57. The summed E-state index contributed by atoms with van der Waals surface area (Å²) in [5.41, 5.74) is 13.0. The van der Waals surface area contributed by atoms with Crippen LogP contribution in [-0.2, 0) is 11.4 Å². The fourth-order valence-electron chi connectivity index (χ4n) is 5.86. The van der Waals surface area contributed by atoms with Crippen LogP contribution in [0.25, 0.3) is 0 Å². The van der Waals surface area contributed by atoms with Crippen molar-refractivity contribution in [3.05, 3.63) is 115 Å². The Hall–Kier alpha value is -3.53. The van der Waals surface area contributed by atoms with E-state index in [1.54, 1.807) is 6.07 Å². The number of anilines is 1. The van der Waals surface area contributed by atoms with Gasteiger partial charge in [0, 0.05) is 28.4 Å². The topological polar surface area (TPSA) is 79.3 Å². The Morgan fingerprint density at radius 2 is 1.88 bits per heavy atom. The molecule has 5 nitrogen and oxygen atoms in total. The largest absolute Gasteiger partial charge is 0.488 e. The van der Waals surface area contributed by atoms with E-state index >= 15 is 0 Å². The molecule has 7 heteroatoms. The van der Waals surface area contributed by atoms with Gasteiger partial charge in [0.15, 0.2) is 5.78 Å². The fourth-order valence-corrected chi connectivity index (χ4v) is 6.44. The number of ketones is 1. The molecule has 0 saturated heterocycles. The molecule has 0 radical (unpaired) electrons. The van der Waals surface area contributed by atoms with E-state index in [1.807, 2.05) is 61.2 Å². The lowest BCUT2D eigenvalue weighted by Crippen LogP contribution is -2.42. The molecule has 0 saturated carbocycles. The Morgan fingerprint density at radius 1 is 1.12 bits per heavy atom. The number of aryl methyl sites for hydroxylation is 1. The van der Waals surface area contributed by atoms with E-state index in [4.69, 9.17) is 22.1 Å². The van der Waals surface area contributed by atoms with E-state index in [2.05, 4.69) is 48.0 Å². The lowest BCUT2D eigenvalue weighted by molar-refractivity contribution is -0.118. The number of hydrogen-bond acceptors (Lipinski definition) is 5. The molecule has 3 aromatic carbocycles. The number of benzene rings is 3. The van der Waals surface area contributed by atoms with Crippen LogP contribution in [0.5, 0.6) is 5.75 Å². The number of rotatable bonds is 5. The van der Waals surface area contributed by atoms with E-state index in [9.17, 15) is 10.1 Å². The first-order valence-corrected chi connectivity index (χ1v) is 14.4. The maximum absolute atomic E-state index is 14.0. The van der Waals surface area contributed by atoms with Crippen molar-refractivity contribution in [2.24, 2.45) is 11.1 Å². The van der Waals surface area contributed by atoms with Crippen molar-refractivity contribution < 1.29 is 9.53 Å². The summed E-state index contributed by atoms with van der Waals surface area (Å²) < 4.78 is 7.04. The number of carbonyl (C=O) groups is 1. The van der Waals surface area contributed by atoms with Crippen LogP contribution >= 0.6 is 27.5 Å². The van der Waals surface area contributed by atoms with Crippen molar-refractivity contribution in [1.29, 1.82) is 5.26 Å². The predicted molar refractivity (Wildman–Crippen MR) is 163 cm³/mol. The van der Waals surface area contributed by atoms with Crippen LogP contribution in [0.15, 0.2) is 87.8 Å². The minimum Gasteiger partial charge on any atom is -0.488 e. The molecule has 5 rings (SSSR count). The lowest BCUT2D eigenvalue weighted by atomic mass is 9.68. The molecule has 0 spiro atoms. The number of Topliss-reactive ketones (excluding diaryl/α,β-unsaturated/α-hetero) is 1. The SMILES string of the molecule is Cc1cc(COc2ccccc2Br)c(C)c(C2C(C#N)=C(N)N(c3cccc(Cl)c3)C3=C2C(=O)CC(C)(C)C3)c1. The fraction of sp³-hybridized carbons (Fsp3) is 0.273. The van der Waals surface area contributed by atoms with Crippen molar-refractivity contribution >= 4 is 39.0 Å². The number of para-hydroxylation sites is 1. The molecule has 1 aliphatic heterocycles. The molecule has 0 amide bonds. The van der Waals surface area contributed by atoms with Crippen molar-refractivity contribution in [2.75, 3.05) is 4.90 Å². The van der Waals surface area contributed by atoms with Gasteiger partial charge in [-0.05, 0) is 88.6 Å². The standard InChI is InChI=1S/C33H31BrClN3O2/c1-19-12-21(18-40-29-11-6-5-10-26(29)34)20(2)24(13-19)30-25(17-36)32(37)38(23-9-7-8-22(35)14-23)27-15-33(3,4)16-28(39)31(27)30/h5-14,30H,15-16,18,37H2,1-4H3. The maximum atomic E-state index is 14.0. The summed E-state index contributed by atoms with van der Waals surface area (Å²) in [7, 11) is 0. The Balaban J connectivity index is 1.68. The summed E-state index contributed by atoms with van der Waals surface area (Å²) in [5, 5.41) is 11.1. The molecular formula is C33H31BrClN3O2. The zero-order valence-electron chi connectivity index (χ0n) is 23.0. The molecule has 0 aromatic heterocycles. The Morgan fingerprint density at radius 3 is 2.58 bits per heavy atom. The molecule has 204 valence electrons. The van der Waals surface area contributed by atoms with E-state index in [-0.39, 0.29) is 11.2 Å². The van der Waals surface area contributed by atoms with Gasteiger partial charge >= 0.3 is 0 Å². The van der Waals surface area contributed by atoms with Crippen molar-refractivity contribution in [3.63, 3.8) is 0 Å². The second-order valence-electron chi connectivity index (χ2n) is 11.3. The van der Waals surface area contributed by atoms with Crippen LogP contribution < -0.4 is 15.4 Å². The average molecular weight is 617 g/mol. The van der Waals surface area contributed by atoms with Crippen LogP contribution in [0.2, 0.25) is 5.02 Å². The van der Waals surface area contributed by atoms with Gasteiger partial charge in [0.1, 0.15) is 18.2 Å². The third kappa shape index (κ3) is 5.16. The smallest absolute Gasteiger partial charge is 0.162 e. The molecule has 0 bridgehead atoms. The molecule has 0 fully saturated rings. The van der Waals surface area contributed by atoms with Gasteiger partial charge in [0.2, 0.25) is 0 Å². The first-order valence-electron chi connectivity index (χ1n) is 13.2. The zero-order chi connectivity index (χ0) is 28.8. The molecule has 40 heavy (non-hydrogen) atoms.